The monoisotopic (exact) mass is 341 g/mol. The quantitative estimate of drug-likeness (QED) is 0.483. The highest BCUT2D eigenvalue weighted by atomic mass is 79.9. The first-order chi connectivity index (χ1) is 9.58. The van der Waals surface area contributed by atoms with Gasteiger partial charge in [-0.25, -0.2) is 5.43 Å². The molecule has 2 N–H and O–H groups in total. The highest BCUT2D eigenvalue weighted by Gasteiger charge is 2.09. The molecule has 1 aromatic rings. The molecule has 0 aliphatic rings. The Hall–Kier alpha value is -1.89. The number of hydrogen-bond acceptors (Lipinski definition) is 4. The SMILES string of the molecule is CCCOc1ccc(Br)cc1/C=N\NC(=O)C(=O)NC. The third-order valence-electron chi connectivity index (χ3n) is 2.24. The van der Waals surface area contributed by atoms with Crippen molar-refractivity contribution in [1.29, 1.82) is 0 Å². The zero-order chi connectivity index (χ0) is 15.0. The Morgan fingerprint density at radius 1 is 1.40 bits per heavy atom. The lowest BCUT2D eigenvalue weighted by Gasteiger charge is -2.08. The van der Waals surface area contributed by atoms with E-state index in [2.05, 4.69) is 31.8 Å². The fourth-order valence-corrected chi connectivity index (χ4v) is 1.67. The molecule has 0 aliphatic carbocycles. The van der Waals surface area contributed by atoms with Crippen LogP contribution < -0.4 is 15.5 Å². The van der Waals surface area contributed by atoms with Gasteiger partial charge in [0.15, 0.2) is 0 Å². The van der Waals surface area contributed by atoms with E-state index in [1.165, 1.54) is 13.3 Å². The molecule has 0 radical (unpaired) electrons. The maximum absolute atomic E-state index is 11.2. The summed E-state index contributed by atoms with van der Waals surface area (Å²) in [5.41, 5.74) is 2.83. The summed E-state index contributed by atoms with van der Waals surface area (Å²) in [7, 11) is 1.37. The lowest BCUT2D eigenvalue weighted by atomic mass is 10.2. The molecule has 1 rings (SSSR count). The van der Waals surface area contributed by atoms with Crippen LogP contribution in [0, 0.1) is 0 Å². The zero-order valence-electron chi connectivity index (χ0n) is 11.3. The van der Waals surface area contributed by atoms with E-state index in [-0.39, 0.29) is 0 Å². The number of benzene rings is 1. The van der Waals surface area contributed by atoms with Gasteiger partial charge in [0.1, 0.15) is 5.75 Å². The van der Waals surface area contributed by atoms with Crippen molar-refractivity contribution in [2.75, 3.05) is 13.7 Å². The largest absolute Gasteiger partial charge is 0.493 e. The molecule has 0 saturated carbocycles. The third-order valence-corrected chi connectivity index (χ3v) is 2.73. The van der Waals surface area contributed by atoms with Gasteiger partial charge in [0.05, 0.1) is 12.8 Å². The van der Waals surface area contributed by atoms with Crippen molar-refractivity contribution >= 4 is 34.0 Å². The highest BCUT2D eigenvalue weighted by molar-refractivity contribution is 9.10. The van der Waals surface area contributed by atoms with Crippen LogP contribution in [0.3, 0.4) is 0 Å². The molecule has 2 amide bonds. The number of ether oxygens (including phenoxy) is 1. The van der Waals surface area contributed by atoms with Crippen molar-refractivity contribution < 1.29 is 14.3 Å². The number of rotatable bonds is 5. The molecule has 0 heterocycles. The normalized spacial score (nSPS) is 10.3. The summed E-state index contributed by atoms with van der Waals surface area (Å²) in [6.45, 7) is 2.60. The topological polar surface area (TPSA) is 79.8 Å². The second kappa shape index (κ2) is 8.31. The molecule has 0 saturated heterocycles. The molecule has 0 fully saturated rings. The summed E-state index contributed by atoms with van der Waals surface area (Å²) >= 11 is 3.35. The van der Waals surface area contributed by atoms with E-state index in [1.807, 2.05) is 19.1 Å². The molecule has 0 aliphatic heterocycles. The van der Waals surface area contributed by atoms with Crippen molar-refractivity contribution in [3.63, 3.8) is 0 Å². The lowest BCUT2D eigenvalue weighted by Crippen LogP contribution is -2.35. The van der Waals surface area contributed by atoms with Gasteiger partial charge in [-0.05, 0) is 24.6 Å². The number of carbonyl (C=O) groups excluding carboxylic acids is 2. The number of hydrazone groups is 1. The molecule has 7 heteroatoms. The van der Waals surface area contributed by atoms with E-state index in [9.17, 15) is 9.59 Å². The fourth-order valence-electron chi connectivity index (χ4n) is 1.29. The van der Waals surface area contributed by atoms with E-state index in [1.54, 1.807) is 6.07 Å². The number of carbonyl (C=O) groups is 2. The van der Waals surface area contributed by atoms with Crippen LogP contribution in [0.2, 0.25) is 0 Å². The van der Waals surface area contributed by atoms with Gasteiger partial charge in [0.2, 0.25) is 0 Å². The molecular weight excluding hydrogens is 326 g/mol. The van der Waals surface area contributed by atoms with Crippen LogP contribution in [0.15, 0.2) is 27.8 Å². The van der Waals surface area contributed by atoms with Crippen LogP contribution in [0.1, 0.15) is 18.9 Å². The van der Waals surface area contributed by atoms with Crippen LogP contribution in [0.4, 0.5) is 0 Å². The van der Waals surface area contributed by atoms with Gasteiger partial charge in [0.25, 0.3) is 0 Å². The Morgan fingerprint density at radius 3 is 2.80 bits per heavy atom. The van der Waals surface area contributed by atoms with E-state index < -0.39 is 11.8 Å². The number of amides is 2. The maximum Gasteiger partial charge on any atom is 0.329 e. The first kappa shape index (κ1) is 16.2. The minimum absolute atomic E-state index is 0.590. The summed E-state index contributed by atoms with van der Waals surface area (Å²) in [5.74, 6) is -0.915. The first-order valence-electron chi connectivity index (χ1n) is 6.06. The Labute approximate surface area is 125 Å². The van der Waals surface area contributed by atoms with Gasteiger partial charge in [0, 0.05) is 17.1 Å². The molecular formula is C13H16BrN3O3. The molecule has 108 valence electrons. The Bertz CT molecular complexity index is 518. The predicted octanol–water partition coefficient (Wildman–Crippen LogP) is 1.43. The second-order valence-electron chi connectivity index (χ2n) is 3.81. The van der Waals surface area contributed by atoms with Crippen molar-refractivity contribution in [3.8, 4) is 5.75 Å². The first-order valence-corrected chi connectivity index (χ1v) is 6.85. The van der Waals surface area contributed by atoms with Gasteiger partial charge in [-0.1, -0.05) is 22.9 Å². The average Bonchev–Trinajstić information content (AvgIpc) is 2.45. The zero-order valence-corrected chi connectivity index (χ0v) is 12.9. The minimum Gasteiger partial charge on any atom is -0.493 e. The molecule has 20 heavy (non-hydrogen) atoms. The van der Waals surface area contributed by atoms with Crippen molar-refractivity contribution in [2.45, 2.75) is 13.3 Å². The molecule has 0 bridgehead atoms. The number of hydrogen-bond donors (Lipinski definition) is 2. The number of likely N-dealkylation sites (N-methyl/N-ethyl adjacent to an activating group) is 1. The summed E-state index contributed by atoms with van der Waals surface area (Å²) in [4.78, 5) is 22.2. The van der Waals surface area contributed by atoms with Crippen LogP contribution in [0.25, 0.3) is 0 Å². The smallest absolute Gasteiger partial charge is 0.329 e. The van der Waals surface area contributed by atoms with E-state index >= 15 is 0 Å². The number of nitrogens with one attached hydrogen (secondary N) is 2. The van der Waals surface area contributed by atoms with Crippen molar-refractivity contribution in [3.05, 3.63) is 28.2 Å². The van der Waals surface area contributed by atoms with E-state index in [0.29, 0.717) is 17.9 Å². The number of nitrogens with zero attached hydrogens (tertiary/aromatic N) is 1. The van der Waals surface area contributed by atoms with Crippen LogP contribution >= 0.6 is 15.9 Å². The number of halogens is 1. The summed E-state index contributed by atoms with van der Waals surface area (Å²) in [6, 6.07) is 5.47. The van der Waals surface area contributed by atoms with Gasteiger partial charge in [-0.15, -0.1) is 0 Å². The van der Waals surface area contributed by atoms with E-state index in [4.69, 9.17) is 4.74 Å². The minimum atomic E-state index is -0.824. The molecule has 0 atom stereocenters. The summed E-state index contributed by atoms with van der Waals surface area (Å²) < 4.78 is 6.42. The van der Waals surface area contributed by atoms with Crippen LogP contribution in [-0.2, 0) is 9.59 Å². The summed E-state index contributed by atoms with van der Waals surface area (Å²) in [5, 5.41) is 5.94. The highest BCUT2D eigenvalue weighted by Crippen LogP contribution is 2.21. The molecule has 1 aromatic carbocycles. The van der Waals surface area contributed by atoms with Crippen LogP contribution in [0.5, 0.6) is 5.75 Å². The Kier molecular flexibility index (Phi) is 6.72. The Morgan fingerprint density at radius 2 is 2.15 bits per heavy atom. The fraction of sp³-hybridized carbons (Fsp3) is 0.308. The van der Waals surface area contributed by atoms with Crippen molar-refractivity contribution in [1.82, 2.24) is 10.7 Å². The maximum atomic E-state index is 11.2. The van der Waals surface area contributed by atoms with Crippen molar-refractivity contribution in [2.24, 2.45) is 5.10 Å². The standard InChI is InChI=1S/C13H16BrN3O3/c1-3-6-20-11-5-4-10(14)7-9(11)8-16-17-13(19)12(18)15-2/h4-5,7-8H,3,6H2,1-2H3,(H,15,18)(H,17,19)/b16-8-. The van der Waals surface area contributed by atoms with E-state index in [0.717, 1.165) is 10.9 Å². The molecule has 0 spiro atoms. The molecule has 6 nitrogen and oxygen atoms in total. The second-order valence-corrected chi connectivity index (χ2v) is 4.72. The third kappa shape index (κ3) is 5.00. The van der Waals surface area contributed by atoms with Gasteiger partial charge in [-0.3, -0.25) is 9.59 Å². The van der Waals surface area contributed by atoms with Gasteiger partial charge < -0.3 is 10.1 Å². The van der Waals surface area contributed by atoms with Gasteiger partial charge in [-0.2, -0.15) is 5.10 Å². The lowest BCUT2D eigenvalue weighted by molar-refractivity contribution is -0.138. The van der Waals surface area contributed by atoms with Gasteiger partial charge >= 0.3 is 11.8 Å². The molecule has 0 unspecified atom stereocenters. The predicted molar refractivity (Wildman–Crippen MR) is 79.7 cm³/mol. The van der Waals surface area contributed by atoms with Crippen LogP contribution in [-0.4, -0.2) is 31.7 Å². The Balaban J connectivity index is 2.77. The average molecular weight is 342 g/mol. The molecule has 0 aromatic heterocycles. The summed E-state index contributed by atoms with van der Waals surface area (Å²) in [6.07, 6.45) is 2.32.